The fourth-order valence-corrected chi connectivity index (χ4v) is 3.37. The van der Waals surface area contributed by atoms with Gasteiger partial charge in [0.15, 0.2) is 0 Å². The van der Waals surface area contributed by atoms with E-state index in [9.17, 15) is 4.79 Å². The largest absolute Gasteiger partial charge is 0.385 e. The van der Waals surface area contributed by atoms with E-state index >= 15 is 0 Å². The molecule has 0 atom stereocenters. The summed E-state index contributed by atoms with van der Waals surface area (Å²) in [4.78, 5) is 14.5. The molecule has 0 bridgehead atoms. The Balaban J connectivity index is 1.79. The van der Waals surface area contributed by atoms with Gasteiger partial charge in [0.25, 0.3) is 0 Å². The predicted octanol–water partition coefficient (Wildman–Crippen LogP) is 3.59. The molecule has 0 aromatic heterocycles. The Labute approximate surface area is 161 Å². The summed E-state index contributed by atoms with van der Waals surface area (Å²) < 4.78 is 0. The van der Waals surface area contributed by atoms with E-state index in [1.54, 1.807) is 12.1 Å². The van der Waals surface area contributed by atoms with E-state index in [-0.39, 0.29) is 17.4 Å². The van der Waals surface area contributed by atoms with Crippen molar-refractivity contribution in [1.82, 2.24) is 10.2 Å². The van der Waals surface area contributed by atoms with E-state index < -0.39 is 0 Å². The summed E-state index contributed by atoms with van der Waals surface area (Å²) in [5, 5.41) is 11.4. The number of aryl methyl sites for hydroxylation is 1. The number of amides is 1. The van der Waals surface area contributed by atoms with Gasteiger partial charge in [-0.2, -0.15) is 0 Å². The molecule has 4 N–H and O–H groups in total. The van der Waals surface area contributed by atoms with Crippen LogP contribution >= 0.6 is 11.6 Å². The highest BCUT2D eigenvalue weighted by molar-refractivity contribution is 6.31. The molecule has 1 aromatic rings. The van der Waals surface area contributed by atoms with Crippen molar-refractivity contribution in [3.05, 3.63) is 46.2 Å². The Morgan fingerprint density at radius 2 is 2.00 bits per heavy atom. The van der Waals surface area contributed by atoms with Crippen LogP contribution in [-0.2, 0) is 4.79 Å². The molecule has 1 fully saturated rings. The molecule has 1 aromatic carbocycles. The molecule has 0 unspecified atom stereocenters. The van der Waals surface area contributed by atoms with Crippen LogP contribution in [0.2, 0.25) is 5.02 Å². The van der Waals surface area contributed by atoms with Crippen LogP contribution in [0.4, 0.5) is 0 Å². The Morgan fingerprint density at radius 1 is 1.31 bits per heavy atom. The van der Waals surface area contributed by atoms with Crippen molar-refractivity contribution in [3.63, 3.8) is 0 Å². The third-order valence-electron chi connectivity index (χ3n) is 4.65. The molecule has 0 saturated carbocycles. The van der Waals surface area contributed by atoms with Crippen molar-refractivity contribution in [3.8, 4) is 0 Å². The van der Waals surface area contributed by atoms with Gasteiger partial charge in [-0.15, -0.1) is 0 Å². The molecule has 2 rings (SSSR count). The topological polar surface area (TPSA) is 82.2 Å². The molecule has 142 valence electrons. The van der Waals surface area contributed by atoms with Crippen molar-refractivity contribution in [2.75, 3.05) is 19.6 Å². The number of nitrogens with zero attached hydrogens (tertiary/aromatic N) is 1. The van der Waals surface area contributed by atoms with E-state index in [1.165, 1.54) is 31.8 Å². The lowest BCUT2D eigenvalue weighted by molar-refractivity contribution is -0.120. The van der Waals surface area contributed by atoms with Crippen LogP contribution < -0.4 is 11.1 Å². The van der Waals surface area contributed by atoms with E-state index in [4.69, 9.17) is 22.7 Å². The third kappa shape index (κ3) is 6.81. The maximum atomic E-state index is 12.1. The molecule has 1 aliphatic heterocycles. The van der Waals surface area contributed by atoms with Crippen LogP contribution in [0.3, 0.4) is 0 Å². The van der Waals surface area contributed by atoms with Crippen molar-refractivity contribution in [2.45, 2.75) is 45.4 Å². The lowest BCUT2D eigenvalue weighted by Gasteiger charge is -2.19. The van der Waals surface area contributed by atoms with Gasteiger partial charge < -0.3 is 21.4 Å². The van der Waals surface area contributed by atoms with Gasteiger partial charge in [-0.3, -0.25) is 4.79 Å². The average molecular weight is 377 g/mol. The minimum atomic E-state index is -0.107. The Morgan fingerprint density at radius 3 is 2.69 bits per heavy atom. The molecule has 1 saturated heterocycles. The first-order chi connectivity index (χ1) is 12.5. The van der Waals surface area contributed by atoms with Gasteiger partial charge in [0.2, 0.25) is 5.91 Å². The smallest absolute Gasteiger partial charge is 0.225 e. The van der Waals surface area contributed by atoms with Crippen molar-refractivity contribution < 1.29 is 4.79 Å². The van der Waals surface area contributed by atoms with Crippen molar-refractivity contribution in [1.29, 1.82) is 5.41 Å². The van der Waals surface area contributed by atoms with Crippen LogP contribution in [-0.4, -0.2) is 36.2 Å². The highest BCUT2D eigenvalue weighted by Gasteiger charge is 2.10. The van der Waals surface area contributed by atoms with Crippen LogP contribution in [0.5, 0.6) is 0 Å². The number of rotatable bonds is 7. The first-order valence-corrected chi connectivity index (χ1v) is 9.68. The monoisotopic (exact) mass is 376 g/mol. The van der Waals surface area contributed by atoms with Gasteiger partial charge in [-0.05, 0) is 63.5 Å². The second-order valence-electron chi connectivity index (χ2n) is 6.88. The van der Waals surface area contributed by atoms with Gasteiger partial charge in [-0.1, -0.05) is 30.5 Å². The second-order valence-corrected chi connectivity index (χ2v) is 7.32. The minimum Gasteiger partial charge on any atom is -0.385 e. The quantitative estimate of drug-likeness (QED) is 0.636. The summed E-state index contributed by atoms with van der Waals surface area (Å²) in [5.41, 5.74) is 7.75. The number of benzene rings is 1. The van der Waals surface area contributed by atoms with Gasteiger partial charge in [0.05, 0.1) is 5.71 Å². The van der Waals surface area contributed by atoms with Gasteiger partial charge >= 0.3 is 0 Å². The fraction of sp³-hybridized carbons (Fsp3) is 0.500. The zero-order valence-electron chi connectivity index (χ0n) is 15.5. The number of likely N-dealkylation sites (tertiary alicyclic amines) is 1. The van der Waals surface area contributed by atoms with Crippen LogP contribution in [0, 0.1) is 12.3 Å². The maximum Gasteiger partial charge on any atom is 0.225 e. The summed E-state index contributed by atoms with van der Waals surface area (Å²) in [7, 11) is 0. The minimum absolute atomic E-state index is 0.107. The maximum absolute atomic E-state index is 12.1. The van der Waals surface area contributed by atoms with Crippen LogP contribution in [0.1, 0.15) is 49.7 Å². The number of nitrogens with two attached hydrogens (primary N) is 1. The highest BCUT2D eigenvalue weighted by Crippen LogP contribution is 2.16. The van der Waals surface area contributed by atoms with E-state index in [2.05, 4.69) is 10.2 Å². The van der Waals surface area contributed by atoms with Crippen LogP contribution in [0.15, 0.2) is 30.1 Å². The standard InChI is InChI=1S/C20H29ClN4O/c1-15-8-9-16(21)13-17(15)18(22)14-19(23)24-20(26)7-6-12-25-10-4-2-3-5-11-25/h8-9,13-14,22H,2-7,10-12,23H2,1H3,(H,24,26)/b19-14+,22-18?. The number of hydrogen-bond donors (Lipinski definition) is 3. The number of carbonyl (C=O) groups is 1. The lowest BCUT2D eigenvalue weighted by atomic mass is 10.0. The molecule has 1 heterocycles. The van der Waals surface area contributed by atoms with E-state index in [0.29, 0.717) is 17.0 Å². The number of allylic oxidation sites excluding steroid dienone is 1. The van der Waals surface area contributed by atoms with E-state index in [0.717, 1.165) is 31.6 Å². The summed E-state index contributed by atoms with van der Waals surface area (Å²) >= 11 is 5.99. The number of nitrogens with one attached hydrogen (secondary N) is 2. The van der Waals surface area contributed by atoms with E-state index in [1.807, 2.05) is 13.0 Å². The van der Waals surface area contributed by atoms with Crippen molar-refractivity contribution >= 4 is 23.2 Å². The zero-order chi connectivity index (χ0) is 18.9. The molecular weight excluding hydrogens is 348 g/mol. The highest BCUT2D eigenvalue weighted by atomic mass is 35.5. The second kappa shape index (κ2) is 10.3. The summed E-state index contributed by atoms with van der Waals surface area (Å²) in [6.07, 6.45) is 7.87. The van der Waals surface area contributed by atoms with Gasteiger partial charge in [-0.25, -0.2) is 0 Å². The molecule has 0 spiro atoms. The molecule has 1 aliphatic rings. The summed E-state index contributed by atoms with van der Waals surface area (Å²) in [5.74, 6) is 0.0818. The SMILES string of the molecule is Cc1ccc(Cl)cc1C(=N)/C=C(\N)NC(=O)CCCN1CCCCCC1. The first kappa shape index (κ1) is 20.5. The number of halogens is 1. The average Bonchev–Trinajstić information content (AvgIpc) is 2.85. The first-order valence-electron chi connectivity index (χ1n) is 9.30. The third-order valence-corrected chi connectivity index (χ3v) is 4.89. The molecule has 0 aliphatic carbocycles. The van der Waals surface area contributed by atoms with Gasteiger partial charge in [0, 0.05) is 23.1 Å². The number of carbonyl (C=O) groups excluding carboxylic acids is 1. The summed E-state index contributed by atoms with van der Waals surface area (Å²) in [6.45, 7) is 5.14. The zero-order valence-corrected chi connectivity index (χ0v) is 16.2. The molecule has 5 nitrogen and oxygen atoms in total. The molecule has 6 heteroatoms. The predicted molar refractivity (Wildman–Crippen MR) is 108 cm³/mol. The molecule has 1 amide bonds. The Hall–Kier alpha value is -1.85. The molecular formula is C20H29ClN4O. The normalized spacial score (nSPS) is 16.2. The van der Waals surface area contributed by atoms with Crippen molar-refractivity contribution in [2.24, 2.45) is 5.73 Å². The summed E-state index contributed by atoms with van der Waals surface area (Å²) in [6, 6.07) is 5.37. The molecule has 26 heavy (non-hydrogen) atoms. The van der Waals surface area contributed by atoms with Crippen LogP contribution in [0.25, 0.3) is 0 Å². The number of hydrogen-bond acceptors (Lipinski definition) is 4. The van der Waals surface area contributed by atoms with Gasteiger partial charge in [0.1, 0.15) is 5.82 Å². The lowest BCUT2D eigenvalue weighted by Crippen LogP contribution is -2.30. The molecule has 0 radical (unpaired) electrons. The Bertz CT molecular complexity index is 664. The Kier molecular flexibility index (Phi) is 8.13. The fourth-order valence-electron chi connectivity index (χ4n) is 3.20.